The molecule has 1 aliphatic heterocycles. The standard InChI is InChI=1S/C19H18N4O4S2/c1-11-18(29(20,25)26)28-19(22-11)23(2)17(24)14-10-27-16-9-12(6-7-13(14)16)15-5-3-4-8-21-15/h3-9,14H,10H2,1-2H3,(H2,20,25,26). The largest absolute Gasteiger partial charge is 0.492 e. The van der Waals surface area contributed by atoms with Gasteiger partial charge in [-0.25, -0.2) is 18.5 Å². The van der Waals surface area contributed by atoms with Crippen LogP contribution in [0.2, 0.25) is 0 Å². The van der Waals surface area contributed by atoms with Crippen molar-refractivity contribution in [3.8, 4) is 17.0 Å². The number of carbonyl (C=O) groups is 1. The molecule has 10 heteroatoms. The molecule has 3 aromatic rings. The summed E-state index contributed by atoms with van der Waals surface area (Å²) < 4.78 is 29.0. The van der Waals surface area contributed by atoms with Gasteiger partial charge in [-0.2, -0.15) is 0 Å². The number of fused-ring (bicyclic) bond motifs is 1. The summed E-state index contributed by atoms with van der Waals surface area (Å²) in [6.45, 7) is 1.75. The number of pyridine rings is 1. The lowest BCUT2D eigenvalue weighted by Gasteiger charge is -2.17. The number of aromatic nitrogens is 2. The van der Waals surface area contributed by atoms with E-state index < -0.39 is 15.9 Å². The maximum absolute atomic E-state index is 13.1. The third-order valence-electron chi connectivity index (χ3n) is 4.67. The second kappa shape index (κ2) is 7.21. The number of likely N-dealkylation sites (N-methyl/N-ethyl adjacent to an activating group) is 1. The van der Waals surface area contributed by atoms with Gasteiger partial charge in [0.15, 0.2) is 9.34 Å². The number of hydrogen-bond acceptors (Lipinski definition) is 7. The Hall–Kier alpha value is -2.82. The number of hydrogen-bond donors (Lipinski definition) is 1. The van der Waals surface area contributed by atoms with E-state index in [0.29, 0.717) is 5.75 Å². The fourth-order valence-corrected chi connectivity index (χ4v) is 5.13. The zero-order valence-electron chi connectivity index (χ0n) is 15.7. The Bertz CT molecular complexity index is 1190. The fourth-order valence-electron chi connectivity index (χ4n) is 3.21. The Balaban J connectivity index is 1.60. The number of anilines is 1. The SMILES string of the molecule is Cc1nc(N(C)C(=O)C2COc3cc(-c4ccccn4)ccc32)sc1S(N)(=O)=O. The number of nitrogens with zero attached hydrogens (tertiary/aromatic N) is 3. The highest BCUT2D eigenvalue weighted by Crippen LogP contribution is 2.39. The molecule has 1 aromatic carbocycles. The van der Waals surface area contributed by atoms with Crippen LogP contribution in [0.5, 0.6) is 5.75 Å². The summed E-state index contributed by atoms with van der Waals surface area (Å²) in [5.74, 6) is -0.0978. The van der Waals surface area contributed by atoms with Crippen LogP contribution in [0.3, 0.4) is 0 Å². The number of thiazole rings is 1. The van der Waals surface area contributed by atoms with Gasteiger partial charge in [0.25, 0.3) is 0 Å². The van der Waals surface area contributed by atoms with E-state index in [1.54, 1.807) is 20.2 Å². The first-order valence-electron chi connectivity index (χ1n) is 8.71. The molecule has 0 radical (unpaired) electrons. The van der Waals surface area contributed by atoms with Gasteiger partial charge in [0.05, 0.1) is 11.4 Å². The highest BCUT2D eigenvalue weighted by molar-refractivity contribution is 7.91. The van der Waals surface area contributed by atoms with Crippen molar-refractivity contribution < 1.29 is 17.9 Å². The molecule has 0 aliphatic carbocycles. The van der Waals surface area contributed by atoms with Crippen LogP contribution in [0.15, 0.2) is 46.8 Å². The number of benzene rings is 1. The summed E-state index contributed by atoms with van der Waals surface area (Å²) in [7, 11) is -2.32. The minimum absolute atomic E-state index is 0.0461. The van der Waals surface area contributed by atoms with Crippen LogP contribution in [0, 0.1) is 6.92 Å². The Morgan fingerprint density at radius 2 is 2.10 bits per heavy atom. The van der Waals surface area contributed by atoms with Gasteiger partial charge < -0.3 is 4.74 Å². The molecule has 29 heavy (non-hydrogen) atoms. The summed E-state index contributed by atoms with van der Waals surface area (Å²) in [5, 5.41) is 5.48. The van der Waals surface area contributed by atoms with E-state index in [9.17, 15) is 13.2 Å². The van der Waals surface area contributed by atoms with Crippen molar-refractivity contribution in [1.29, 1.82) is 0 Å². The predicted octanol–water partition coefficient (Wildman–Crippen LogP) is 2.30. The molecule has 8 nitrogen and oxygen atoms in total. The summed E-state index contributed by atoms with van der Waals surface area (Å²) in [4.78, 5) is 22.9. The quantitative estimate of drug-likeness (QED) is 0.679. The van der Waals surface area contributed by atoms with Gasteiger partial charge in [0.2, 0.25) is 15.9 Å². The van der Waals surface area contributed by atoms with E-state index in [0.717, 1.165) is 28.2 Å². The zero-order chi connectivity index (χ0) is 20.8. The molecular formula is C19H18N4O4S2. The van der Waals surface area contributed by atoms with Gasteiger partial charge in [-0.1, -0.05) is 29.5 Å². The van der Waals surface area contributed by atoms with Crippen molar-refractivity contribution in [3.63, 3.8) is 0 Å². The van der Waals surface area contributed by atoms with Crippen molar-refractivity contribution in [2.24, 2.45) is 5.14 Å². The number of rotatable bonds is 4. The first-order chi connectivity index (χ1) is 13.8. The molecule has 150 valence electrons. The Kier molecular flexibility index (Phi) is 4.85. The zero-order valence-corrected chi connectivity index (χ0v) is 17.3. The average Bonchev–Trinajstić information content (AvgIpc) is 3.30. The number of amides is 1. The monoisotopic (exact) mass is 430 g/mol. The molecule has 2 N–H and O–H groups in total. The van der Waals surface area contributed by atoms with Crippen molar-refractivity contribution in [2.75, 3.05) is 18.6 Å². The molecule has 1 aliphatic rings. The number of aryl methyl sites for hydroxylation is 1. The topological polar surface area (TPSA) is 115 Å². The predicted molar refractivity (Wildman–Crippen MR) is 110 cm³/mol. The Morgan fingerprint density at radius 3 is 2.76 bits per heavy atom. The van der Waals surface area contributed by atoms with E-state index in [-0.39, 0.29) is 27.5 Å². The van der Waals surface area contributed by atoms with Crippen LogP contribution < -0.4 is 14.8 Å². The lowest BCUT2D eigenvalue weighted by molar-refractivity contribution is -0.119. The maximum atomic E-state index is 13.1. The molecule has 0 saturated carbocycles. The highest BCUT2D eigenvalue weighted by Gasteiger charge is 2.34. The molecule has 1 unspecified atom stereocenters. The van der Waals surface area contributed by atoms with E-state index in [2.05, 4.69) is 9.97 Å². The first-order valence-corrected chi connectivity index (χ1v) is 11.1. The molecule has 0 fully saturated rings. The van der Waals surface area contributed by atoms with Crippen molar-refractivity contribution in [3.05, 3.63) is 53.9 Å². The molecule has 1 atom stereocenters. The van der Waals surface area contributed by atoms with Crippen molar-refractivity contribution >= 4 is 32.4 Å². The highest BCUT2D eigenvalue weighted by atomic mass is 32.2. The second-order valence-electron chi connectivity index (χ2n) is 6.64. The van der Waals surface area contributed by atoms with E-state index >= 15 is 0 Å². The van der Waals surface area contributed by atoms with Gasteiger partial charge >= 0.3 is 0 Å². The van der Waals surface area contributed by atoms with Crippen LogP contribution in [0.25, 0.3) is 11.3 Å². The molecule has 0 spiro atoms. The van der Waals surface area contributed by atoms with Crippen LogP contribution in [-0.4, -0.2) is 37.9 Å². The van der Waals surface area contributed by atoms with Crippen molar-refractivity contribution in [2.45, 2.75) is 17.1 Å². The summed E-state index contributed by atoms with van der Waals surface area (Å²) in [5.41, 5.74) is 2.77. The van der Waals surface area contributed by atoms with E-state index in [1.807, 2.05) is 36.4 Å². The first kappa shape index (κ1) is 19.5. The Labute approximate surface area is 172 Å². The molecule has 0 saturated heterocycles. The van der Waals surface area contributed by atoms with Gasteiger partial charge in [-0.15, -0.1) is 0 Å². The third kappa shape index (κ3) is 3.61. The van der Waals surface area contributed by atoms with Crippen LogP contribution in [0.1, 0.15) is 17.2 Å². The summed E-state index contributed by atoms with van der Waals surface area (Å²) in [6, 6.07) is 11.3. The van der Waals surface area contributed by atoms with Crippen LogP contribution in [-0.2, 0) is 14.8 Å². The molecular weight excluding hydrogens is 412 g/mol. The number of primary sulfonamides is 1. The molecule has 4 rings (SSSR count). The number of nitrogens with two attached hydrogens (primary N) is 1. The maximum Gasteiger partial charge on any atom is 0.249 e. The second-order valence-corrected chi connectivity index (χ2v) is 9.38. The molecule has 0 bridgehead atoms. The number of sulfonamides is 1. The smallest absolute Gasteiger partial charge is 0.249 e. The van der Waals surface area contributed by atoms with Crippen LogP contribution in [0.4, 0.5) is 5.13 Å². The molecule has 2 aromatic heterocycles. The molecule has 1 amide bonds. The van der Waals surface area contributed by atoms with Gasteiger partial charge in [-0.3, -0.25) is 14.7 Å². The van der Waals surface area contributed by atoms with E-state index in [1.165, 1.54) is 4.90 Å². The fraction of sp³-hybridized carbons (Fsp3) is 0.211. The normalized spacial score (nSPS) is 15.6. The Morgan fingerprint density at radius 1 is 1.31 bits per heavy atom. The molecule has 3 heterocycles. The number of carbonyl (C=O) groups excluding carboxylic acids is 1. The minimum Gasteiger partial charge on any atom is -0.492 e. The lowest BCUT2D eigenvalue weighted by atomic mass is 9.98. The van der Waals surface area contributed by atoms with Gasteiger partial charge in [-0.05, 0) is 25.1 Å². The average molecular weight is 431 g/mol. The van der Waals surface area contributed by atoms with E-state index in [4.69, 9.17) is 9.88 Å². The van der Waals surface area contributed by atoms with Gasteiger partial charge in [0, 0.05) is 24.4 Å². The van der Waals surface area contributed by atoms with Gasteiger partial charge in [0.1, 0.15) is 18.3 Å². The van der Waals surface area contributed by atoms with Crippen molar-refractivity contribution in [1.82, 2.24) is 9.97 Å². The third-order valence-corrected chi connectivity index (χ3v) is 7.46. The summed E-state index contributed by atoms with van der Waals surface area (Å²) >= 11 is 0.875. The number of ether oxygens (including phenoxy) is 1. The summed E-state index contributed by atoms with van der Waals surface area (Å²) in [6.07, 6.45) is 1.72. The minimum atomic E-state index is -3.88. The van der Waals surface area contributed by atoms with Crippen LogP contribution >= 0.6 is 11.3 Å². The lowest BCUT2D eigenvalue weighted by Crippen LogP contribution is -2.32.